The Labute approximate surface area is 342 Å². The molecule has 0 heterocycles. The number of phosphoric ester groups is 1. The summed E-state index contributed by atoms with van der Waals surface area (Å²) >= 11 is 0. The summed E-state index contributed by atoms with van der Waals surface area (Å²) in [5.74, 6) is -0.877. The summed E-state index contributed by atoms with van der Waals surface area (Å²) in [5.41, 5.74) is 0. The van der Waals surface area contributed by atoms with Gasteiger partial charge in [0.1, 0.15) is 19.8 Å². The first-order valence-corrected chi connectivity index (χ1v) is 23.5. The lowest BCUT2D eigenvalue weighted by Crippen LogP contribution is -2.37. The highest BCUT2D eigenvalue weighted by Gasteiger charge is 2.27. The van der Waals surface area contributed by atoms with Crippen LogP contribution < -0.4 is 0 Å². The van der Waals surface area contributed by atoms with Gasteiger partial charge in [0.25, 0.3) is 0 Å². The van der Waals surface area contributed by atoms with Gasteiger partial charge in [0.2, 0.25) is 0 Å². The summed E-state index contributed by atoms with van der Waals surface area (Å²) < 4.78 is 34.2. The Bertz CT molecular complexity index is 1100. The Balaban J connectivity index is 4.45. The average Bonchev–Trinajstić information content (AvgIpc) is 3.15. The molecule has 0 aliphatic rings. The molecular weight excluding hydrogens is 729 g/mol. The van der Waals surface area contributed by atoms with E-state index in [9.17, 15) is 19.0 Å². The van der Waals surface area contributed by atoms with Crippen molar-refractivity contribution in [3.05, 3.63) is 48.6 Å². The maximum atomic E-state index is 12.7. The molecule has 0 spiro atoms. The lowest BCUT2D eigenvalue weighted by Gasteiger charge is -2.24. The number of ether oxygens (including phenoxy) is 2. The monoisotopic (exact) mass is 813 g/mol. The van der Waals surface area contributed by atoms with Gasteiger partial charge in [-0.05, 0) is 57.8 Å². The van der Waals surface area contributed by atoms with E-state index >= 15 is 0 Å². The van der Waals surface area contributed by atoms with Gasteiger partial charge in [0, 0.05) is 19.4 Å². The zero-order valence-electron chi connectivity index (χ0n) is 36.1. The number of phosphoric acid groups is 1. The minimum atomic E-state index is -4.39. The van der Waals surface area contributed by atoms with Crippen LogP contribution in [0.5, 0.6) is 0 Å². The molecule has 11 heteroatoms. The smallest absolute Gasteiger partial charge is 0.462 e. The zero-order valence-corrected chi connectivity index (χ0v) is 37.0. The number of rotatable bonds is 40. The van der Waals surface area contributed by atoms with Crippen molar-refractivity contribution in [1.82, 2.24) is 0 Å². The van der Waals surface area contributed by atoms with Crippen molar-refractivity contribution in [3.8, 4) is 0 Å². The Morgan fingerprint density at radius 1 is 0.589 bits per heavy atom. The van der Waals surface area contributed by atoms with Crippen molar-refractivity contribution >= 4 is 19.8 Å². The van der Waals surface area contributed by atoms with Crippen LogP contribution in [0, 0.1) is 0 Å². The van der Waals surface area contributed by atoms with E-state index in [0.29, 0.717) is 23.9 Å². The molecule has 0 bridgehead atoms. The number of nitrogens with zero attached hydrogens (tertiary/aromatic N) is 1. The topological polar surface area (TPSA) is 129 Å². The first-order valence-electron chi connectivity index (χ1n) is 22.0. The number of carbonyl (C=O) groups is 2. The largest absolute Gasteiger partial charge is 0.472 e. The van der Waals surface area contributed by atoms with Crippen LogP contribution in [-0.2, 0) is 32.7 Å². The molecule has 0 saturated carbocycles. The minimum absolute atomic E-state index is 0.0162. The number of esters is 2. The Morgan fingerprint density at radius 3 is 1.57 bits per heavy atom. The van der Waals surface area contributed by atoms with Gasteiger partial charge in [-0.25, -0.2) is 4.57 Å². The molecular formula is C45H83NO9P+. The van der Waals surface area contributed by atoms with Crippen molar-refractivity contribution < 1.29 is 47.2 Å². The third-order valence-corrected chi connectivity index (χ3v) is 10.2. The number of hydrogen-bond acceptors (Lipinski definition) is 8. The predicted molar refractivity (Wildman–Crippen MR) is 230 cm³/mol. The van der Waals surface area contributed by atoms with Gasteiger partial charge in [-0.15, -0.1) is 0 Å². The van der Waals surface area contributed by atoms with Crippen LogP contribution in [0.2, 0.25) is 0 Å². The zero-order chi connectivity index (χ0) is 41.4. The van der Waals surface area contributed by atoms with Gasteiger partial charge in [-0.3, -0.25) is 18.6 Å². The summed E-state index contributed by atoms with van der Waals surface area (Å²) in [7, 11) is 1.42. The number of allylic oxidation sites excluding steroid dienone is 8. The van der Waals surface area contributed by atoms with Crippen LogP contribution in [0.1, 0.15) is 167 Å². The summed E-state index contributed by atoms with van der Waals surface area (Å²) in [4.78, 5) is 35.3. The van der Waals surface area contributed by atoms with Crippen molar-refractivity contribution in [2.24, 2.45) is 0 Å². The fourth-order valence-electron chi connectivity index (χ4n) is 5.69. The number of aliphatic hydroxyl groups is 1. The Morgan fingerprint density at radius 2 is 1.05 bits per heavy atom. The molecule has 1 unspecified atom stereocenters. The highest BCUT2D eigenvalue weighted by Crippen LogP contribution is 2.43. The molecule has 0 amide bonds. The highest BCUT2D eigenvalue weighted by atomic mass is 31.2. The van der Waals surface area contributed by atoms with Crippen LogP contribution in [0.15, 0.2) is 48.6 Å². The Kier molecular flexibility index (Phi) is 37.0. The second kappa shape index (κ2) is 38.4. The number of likely N-dealkylation sites (N-methyl/N-ethyl adjacent to an activating group) is 1. The van der Waals surface area contributed by atoms with E-state index in [-0.39, 0.29) is 38.6 Å². The number of unbranched alkanes of at least 4 members (excludes halogenated alkanes) is 17. The van der Waals surface area contributed by atoms with Gasteiger partial charge in [-0.2, -0.15) is 0 Å². The van der Waals surface area contributed by atoms with Crippen molar-refractivity contribution in [1.29, 1.82) is 0 Å². The van der Waals surface area contributed by atoms with Crippen LogP contribution in [0.4, 0.5) is 0 Å². The molecule has 0 rings (SSSR count). The number of hydrogen-bond donors (Lipinski definition) is 2. The molecule has 0 radical (unpaired) electrons. The maximum Gasteiger partial charge on any atom is 0.472 e. The van der Waals surface area contributed by atoms with E-state index in [1.54, 1.807) is 0 Å². The van der Waals surface area contributed by atoms with Crippen LogP contribution in [-0.4, -0.2) is 86.6 Å². The molecule has 10 nitrogen and oxygen atoms in total. The minimum Gasteiger partial charge on any atom is -0.462 e. The van der Waals surface area contributed by atoms with E-state index in [4.69, 9.17) is 23.6 Å². The lowest BCUT2D eigenvalue weighted by molar-refractivity contribution is -0.870. The number of aliphatic hydroxyl groups excluding tert-OH is 1. The Hall–Kier alpha value is -2.07. The molecule has 56 heavy (non-hydrogen) atoms. The molecule has 0 aromatic carbocycles. The summed E-state index contributed by atoms with van der Waals surface area (Å²) in [6.45, 7) is 2.36. The molecule has 0 saturated heterocycles. The molecule has 0 aliphatic carbocycles. The van der Waals surface area contributed by atoms with Gasteiger partial charge >= 0.3 is 19.8 Å². The van der Waals surface area contributed by atoms with Crippen molar-refractivity contribution in [3.63, 3.8) is 0 Å². The third-order valence-electron chi connectivity index (χ3n) is 9.17. The second-order valence-corrected chi connectivity index (χ2v) is 17.3. The molecule has 2 N–H and O–H groups in total. The van der Waals surface area contributed by atoms with Gasteiger partial charge < -0.3 is 24.0 Å². The second-order valence-electron chi connectivity index (χ2n) is 15.8. The van der Waals surface area contributed by atoms with E-state index in [1.165, 1.54) is 70.6 Å². The van der Waals surface area contributed by atoms with Gasteiger partial charge in [-0.1, -0.05) is 145 Å². The fourth-order valence-corrected chi connectivity index (χ4v) is 6.43. The first kappa shape index (κ1) is 53.9. The van der Waals surface area contributed by atoms with Crippen molar-refractivity contribution in [2.45, 2.75) is 174 Å². The lowest BCUT2D eigenvalue weighted by atomic mass is 10.0. The average molecular weight is 813 g/mol. The number of quaternary nitrogens is 1. The van der Waals surface area contributed by atoms with E-state index in [2.05, 4.69) is 49.5 Å². The van der Waals surface area contributed by atoms with Gasteiger partial charge in [0.05, 0.1) is 27.7 Å². The first-order chi connectivity index (χ1) is 27.0. The predicted octanol–water partition coefficient (Wildman–Crippen LogP) is 11.3. The van der Waals surface area contributed by atoms with Crippen molar-refractivity contribution in [2.75, 3.05) is 54.1 Å². The van der Waals surface area contributed by atoms with E-state index in [0.717, 1.165) is 64.2 Å². The molecule has 0 fully saturated rings. The quantitative estimate of drug-likeness (QED) is 0.0204. The molecule has 0 aromatic heterocycles. The molecule has 0 aliphatic heterocycles. The standard InChI is InChI=1S/C45H82NO9P/c1-5-6-7-8-9-10-11-12-18-21-24-27-30-33-36-44(48)52-41-43(42-54-56(50,51)53-40-38-46(2,3)4)55-45(49)37-34-31-28-25-22-19-16-14-13-15-17-20-23-26-29-32-35-39-47/h13,15-16,19-20,23,25,28,43,47H,5-12,14,17-18,21-22,24,26-27,29-42H2,1-4H3/p+1/b15-13-,19-16-,23-20-,28-25-/t43-/m1/s1. The number of carbonyl (C=O) groups excluding carboxylic acids is 2. The van der Waals surface area contributed by atoms with Crippen LogP contribution in [0.3, 0.4) is 0 Å². The van der Waals surface area contributed by atoms with Crippen LogP contribution in [0.25, 0.3) is 0 Å². The summed E-state index contributed by atoms with van der Waals surface area (Å²) in [6.07, 6.45) is 41.8. The maximum absolute atomic E-state index is 12.7. The van der Waals surface area contributed by atoms with Crippen LogP contribution >= 0.6 is 7.82 Å². The van der Waals surface area contributed by atoms with E-state index < -0.39 is 26.5 Å². The molecule has 2 atom stereocenters. The molecule has 0 aromatic rings. The molecule has 326 valence electrons. The highest BCUT2D eigenvalue weighted by molar-refractivity contribution is 7.47. The third kappa shape index (κ3) is 41.6. The normalized spacial score (nSPS) is 14.0. The fraction of sp³-hybridized carbons (Fsp3) is 0.778. The SMILES string of the molecule is CCCCCCCCCCCCCCCCC(=O)OC[C@H](COP(=O)(O)OCC[N+](C)(C)C)OC(=O)CCC/C=C\C/C=C\C/C=C\C/C=C\CCCCCO. The summed E-state index contributed by atoms with van der Waals surface area (Å²) in [6, 6.07) is 0. The van der Waals surface area contributed by atoms with E-state index in [1.807, 2.05) is 27.2 Å². The summed E-state index contributed by atoms with van der Waals surface area (Å²) in [5, 5.41) is 8.80. The van der Waals surface area contributed by atoms with Gasteiger partial charge in [0.15, 0.2) is 6.10 Å².